The average Bonchev–Trinajstić information content (AvgIpc) is 3.04. The summed E-state index contributed by atoms with van der Waals surface area (Å²) in [7, 11) is -3.70. The minimum Gasteiger partial charge on any atom is -0.340 e. The Hall–Kier alpha value is -1.74. The molecule has 1 aromatic carbocycles. The predicted molar refractivity (Wildman–Crippen MR) is 114 cm³/mol. The number of carbonyl (C=O) groups is 2. The zero-order chi connectivity index (χ0) is 21.2. The van der Waals surface area contributed by atoms with Crippen LogP contribution in [0.1, 0.15) is 33.0 Å². The number of Topliss-reactive ketones (excluding diaryl/α,β-unsaturated/α-hetero) is 1. The molecule has 1 amide bonds. The van der Waals surface area contributed by atoms with E-state index in [1.54, 1.807) is 34.4 Å². The molecule has 2 aromatic rings. The molecule has 0 saturated carbocycles. The van der Waals surface area contributed by atoms with Crippen molar-refractivity contribution in [3.05, 3.63) is 50.7 Å². The quantitative estimate of drug-likeness (QED) is 0.626. The van der Waals surface area contributed by atoms with Crippen molar-refractivity contribution in [3.63, 3.8) is 0 Å². The van der Waals surface area contributed by atoms with Gasteiger partial charge in [0.1, 0.15) is 4.90 Å². The molecule has 0 aliphatic carbocycles. The maximum atomic E-state index is 12.8. The second-order valence-electron chi connectivity index (χ2n) is 6.97. The fraction of sp³-hybridized carbons (Fsp3) is 0.400. The van der Waals surface area contributed by atoms with Gasteiger partial charge >= 0.3 is 0 Å². The summed E-state index contributed by atoms with van der Waals surface area (Å²) in [6.07, 6.45) is 0.290. The van der Waals surface area contributed by atoms with Crippen molar-refractivity contribution < 1.29 is 18.0 Å². The standard InChI is InChI=1S/C20H23ClN2O4S2/c1-14-13-16(15(2)28-14)18(24)7-8-20(25)22-9-11-23(12-10-22)29(26,27)19-6-4-3-5-17(19)21/h3-6,13H,7-12H2,1-2H3. The van der Waals surface area contributed by atoms with Crippen LogP contribution in [0.3, 0.4) is 0 Å². The first-order chi connectivity index (χ1) is 13.7. The summed E-state index contributed by atoms with van der Waals surface area (Å²) in [6.45, 7) is 4.87. The molecule has 3 rings (SSSR count). The Morgan fingerprint density at radius 2 is 1.72 bits per heavy atom. The molecule has 0 N–H and O–H groups in total. The zero-order valence-corrected chi connectivity index (χ0v) is 18.7. The Morgan fingerprint density at radius 3 is 2.31 bits per heavy atom. The maximum Gasteiger partial charge on any atom is 0.244 e. The third kappa shape index (κ3) is 4.88. The summed E-state index contributed by atoms with van der Waals surface area (Å²) in [5, 5.41) is 0.184. The Kier molecular flexibility index (Phi) is 6.78. The van der Waals surface area contributed by atoms with Crippen molar-refractivity contribution in [3.8, 4) is 0 Å². The van der Waals surface area contributed by atoms with Crippen molar-refractivity contribution in [1.82, 2.24) is 9.21 Å². The van der Waals surface area contributed by atoms with E-state index < -0.39 is 10.0 Å². The van der Waals surface area contributed by atoms with Gasteiger partial charge in [-0.15, -0.1) is 11.3 Å². The number of nitrogens with zero attached hydrogens (tertiary/aromatic N) is 2. The lowest BCUT2D eigenvalue weighted by molar-refractivity contribution is -0.132. The summed E-state index contributed by atoms with van der Waals surface area (Å²) in [5.41, 5.74) is 0.691. The summed E-state index contributed by atoms with van der Waals surface area (Å²) in [5.74, 6) is -0.155. The molecule has 1 aromatic heterocycles. The molecule has 156 valence electrons. The second kappa shape index (κ2) is 8.95. The number of carbonyl (C=O) groups excluding carboxylic acids is 2. The van der Waals surface area contributed by atoms with Crippen LogP contribution in [0.2, 0.25) is 5.02 Å². The minimum absolute atomic E-state index is 0.0277. The van der Waals surface area contributed by atoms with Crippen LogP contribution in [0.15, 0.2) is 35.2 Å². The van der Waals surface area contributed by atoms with Crippen LogP contribution in [0.25, 0.3) is 0 Å². The van der Waals surface area contributed by atoms with E-state index in [1.807, 2.05) is 19.9 Å². The highest BCUT2D eigenvalue weighted by Crippen LogP contribution is 2.25. The third-order valence-corrected chi connectivity index (χ3v) is 8.32. The molecule has 0 atom stereocenters. The van der Waals surface area contributed by atoms with Crippen LogP contribution in [0.4, 0.5) is 0 Å². The number of benzene rings is 1. The molecule has 9 heteroatoms. The third-order valence-electron chi connectivity index (χ3n) is 4.95. The summed E-state index contributed by atoms with van der Waals surface area (Å²) in [4.78, 5) is 28.6. The van der Waals surface area contributed by atoms with Gasteiger partial charge in [0.15, 0.2) is 5.78 Å². The summed E-state index contributed by atoms with van der Waals surface area (Å²) < 4.78 is 26.9. The molecule has 1 fully saturated rings. The molecule has 1 saturated heterocycles. The predicted octanol–water partition coefficient (Wildman–Crippen LogP) is 3.51. The molecule has 0 radical (unpaired) electrons. The maximum absolute atomic E-state index is 12.8. The summed E-state index contributed by atoms with van der Waals surface area (Å²) >= 11 is 7.61. The van der Waals surface area contributed by atoms with Gasteiger partial charge < -0.3 is 4.90 Å². The molecule has 6 nitrogen and oxygen atoms in total. The number of amides is 1. The van der Waals surface area contributed by atoms with Crippen molar-refractivity contribution in [2.75, 3.05) is 26.2 Å². The fourth-order valence-electron chi connectivity index (χ4n) is 3.39. The number of hydrogen-bond acceptors (Lipinski definition) is 5. The molecule has 0 spiro atoms. The van der Waals surface area contributed by atoms with E-state index in [1.165, 1.54) is 10.4 Å². The Morgan fingerprint density at radius 1 is 1.07 bits per heavy atom. The molecule has 1 aliphatic rings. The topological polar surface area (TPSA) is 74.8 Å². The number of ketones is 1. The van der Waals surface area contributed by atoms with Crippen molar-refractivity contribution in [2.45, 2.75) is 31.6 Å². The monoisotopic (exact) mass is 454 g/mol. The van der Waals surface area contributed by atoms with E-state index in [4.69, 9.17) is 11.6 Å². The molecule has 1 aliphatic heterocycles. The van der Waals surface area contributed by atoms with E-state index in [0.29, 0.717) is 18.7 Å². The van der Waals surface area contributed by atoms with Gasteiger partial charge in [-0.2, -0.15) is 4.31 Å². The van der Waals surface area contributed by atoms with Gasteiger partial charge in [0.2, 0.25) is 15.9 Å². The van der Waals surface area contributed by atoms with Gasteiger partial charge in [-0.05, 0) is 32.0 Å². The van der Waals surface area contributed by atoms with Gasteiger partial charge in [0.25, 0.3) is 0 Å². The van der Waals surface area contributed by atoms with Gasteiger partial charge in [-0.25, -0.2) is 8.42 Å². The number of hydrogen-bond donors (Lipinski definition) is 0. The van der Waals surface area contributed by atoms with E-state index in [9.17, 15) is 18.0 Å². The normalized spacial score (nSPS) is 15.5. The van der Waals surface area contributed by atoms with Crippen molar-refractivity contribution in [1.29, 1.82) is 0 Å². The highest BCUT2D eigenvalue weighted by molar-refractivity contribution is 7.89. The van der Waals surface area contributed by atoms with Crippen LogP contribution in [0.5, 0.6) is 0 Å². The fourth-order valence-corrected chi connectivity index (χ4v) is 6.25. The lowest BCUT2D eigenvalue weighted by atomic mass is 10.1. The smallest absolute Gasteiger partial charge is 0.244 e. The molecule has 0 unspecified atom stereocenters. The number of thiophene rings is 1. The van der Waals surface area contributed by atoms with Gasteiger partial charge in [-0.1, -0.05) is 23.7 Å². The molecule has 2 heterocycles. The minimum atomic E-state index is -3.70. The lowest BCUT2D eigenvalue weighted by Gasteiger charge is -2.34. The first-order valence-electron chi connectivity index (χ1n) is 9.33. The van der Waals surface area contributed by atoms with Crippen LogP contribution < -0.4 is 0 Å². The van der Waals surface area contributed by atoms with Gasteiger partial charge in [-0.3, -0.25) is 9.59 Å². The van der Waals surface area contributed by atoms with Crippen LogP contribution in [0, 0.1) is 13.8 Å². The Bertz CT molecular complexity index is 1020. The Balaban J connectivity index is 1.55. The molecular formula is C20H23ClN2O4S2. The van der Waals surface area contributed by atoms with Crippen LogP contribution >= 0.6 is 22.9 Å². The highest BCUT2D eigenvalue weighted by Gasteiger charge is 2.31. The number of rotatable bonds is 6. The first kappa shape index (κ1) is 22.0. The lowest BCUT2D eigenvalue weighted by Crippen LogP contribution is -2.50. The number of halogens is 1. The highest BCUT2D eigenvalue weighted by atomic mass is 35.5. The molecule has 0 bridgehead atoms. The Labute approximate surface area is 180 Å². The number of sulfonamides is 1. The van der Waals surface area contributed by atoms with Gasteiger partial charge in [0, 0.05) is 54.3 Å². The van der Waals surface area contributed by atoms with Crippen LogP contribution in [-0.4, -0.2) is 55.5 Å². The molecular weight excluding hydrogens is 432 g/mol. The zero-order valence-electron chi connectivity index (χ0n) is 16.4. The largest absolute Gasteiger partial charge is 0.340 e. The first-order valence-corrected chi connectivity index (χ1v) is 12.0. The van der Waals surface area contributed by atoms with Crippen LogP contribution in [-0.2, 0) is 14.8 Å². The van der Waals surface area contributed by atoms with E-state index in [2.05, 4.69) is 0 Å². The summed E-state index contributed by atoms with van der Waals surface area (Å²) in [6, 6.07) is 8.20. The van der Waals surface area contributed by atoms with E-state index >= 15 is 0 Å². The van der Waals surface area contributed by atoms with Crippen molar-refractivity contribution >= 4 is 44.7 Å². The average molecular weight is 455 g/mol. The molecule has 29 heavy (non-hydrogen) atoms. The van der Waals surface area contributed by atoms with Gasteiger partial charge in [0.05, 0.1) is 5.02 Å². The van der Waals surface area contributed by atoms with E-state index in [-0.39, 0.29) is 47.5 Å². The van der Waals surface area contributed by atoms with Crippen molar-refractivity contribution in [2.24, 2.45) is 0 Å². The second-order valence-corrected chi connectivity index (χ2v) is 10.7. The number of aryl methyl sites for hydroxylation is 2. The SMILES string of the molecule is Cc1cc(C(=O)CCC(=O)N2CCN(S(=O)(=O)c3ccccc3Cl)CC2)c(C)s1. The van der Waals surface area contributed by atoms with E-state index in [0.717, 1.165) is 9.75 Å². The number of piperazine rings is 1.